The second-order valence-corrected chi connectivity index (χ2v) is 9.69. The van der Waals surface area contributed by atoms with E-state index in [9.17, 15) is 10.1 Å². The number of piperazine rings is 1. The number of nitriles is 1. The van der Waals surface area contributed by atoms with E-state index in [0.717, 1.165) is 61.6 Å². The van der Waals surface area contributed by atoms with Crippen molar-refractivity contribution in [2.75, 3.05) is 50.8 Å². The summed E-state index contributed by atoms with van der Waals surface area (Å²) in [6, 6.07) is 8.33. The number of nitrogens with one attached hydrogen (secondary N) is 1. The van der Waals surface area contributed by atoms with E-state index in [1.165, 1.54) is 5.56 Å². The van der Waals surface area contributed by atoms with Gasteiger partial charge in [0.05, 0.1) is 36.2 Å². The SMILES string of the molecule is Cc1c(C2CN(Cc3cnn(-c4cc(N5CCOCC5)c(C#N)cn4)c3)CCN2)ccc2c1COC2=O. The topological polar surface area (TPSA) is 109 Å². The number of rotatable bonds is 5. The van der Waals surface area contributed by atoms with Crippen molar-refractivity contribution in [1.29, 1.82) is 5.26 Å². The van der Waals surface area contributed by atoms with Crippen LogP contribution in [0.15, 0.2) is 36.8 Å². The molecular formula is C27H29N7O3. The summed E-state index contributed by atoms with van der Waals surface area (Å²) in [7, 11) is 0. The number of morpholine rings is 1. The largest absolute Gasteiger partial charge is 0.457 e. The Labute approximate surface area is 215 Å². The summed E-state index contributed by atoms with van der Waals surface area (Å²) in [5.41, 5.74) is 6.58. The Morgan fingerprint density at radius 3 is 2.92 bits per heavy atom. The average molecular weight is 500 g/mol. The van der Waals surface area contributed by atoms with Crippen molar-refractivity contribution in [2.45, 2.75) is 26.1 Å². The predicted molar refractivity (Wildman–Crippen MR) is 135 cm³/mol. The fourth-order valence-corrected chi connectivity index (χ4v) is 5.44. The molecule has 0 spiro atoms. The van der Waals surface area contributed by atoms with Gasteiger partial charge in [-0.25, -0.2) is 14.5 Å². The number of hydrogen-bond donors (Lipinski definition) is 1. The molecule has 37 heavy (non-hydrogen) atoms. The highest BCUT2D eigenvalue weighted by Crippen LogP contribution is 2.30. The lowest BCUT2D eigenvalue weighted by Gasteiger charge is -2.34. The zero-order valence-corrected chi connectivity index (χ0v) is 20.8. The number of anilines is 1. The van der Waals surface area contributed by atoms with Gasteiger partial charge in [0.1, 0.15) is 12.7 Å². The fourth-order valence-electron chi connectivity index (χ4n) is 5.44. The molecule has 2 aromatic heterocycles. The summed E-state index contributed by atoms with van der Waals surface area (Å²) in [5, 5.41) is 17.8. The molecule has 0 amide bonds. The minimum absolute atomic E-state index is 0.182. The van der Waals surface area contributed by atoms with Crippen LogP contribution in [0.5, 0.6) is 0 Å². The number of carbonyl (C=O) groups excluding carboxylic acids is 1. The van der Waals surface area contributed by atoms with Crippen LogP contribution in [0.3, 0.4) is 0 Å². The molecule has 0 saturated carbocycles. The minimum Gasteiger partial charge on any atom is -0.457 e. The van der Waals surface area contributed by atoms with Gasteiger partial charge < -0.3 is 19.7 Å². The predicted octanol–water partition coefficient (Wildman–Crippen LogP) is 2.10. The summed E-state index contributed by atoms with van der Waals surface area (Å²) >= 11 is 0. The van der Waals surface area contributed by atoms with Crippen LogP contribution in [-0.4, -0.2) is 71.6 Å². The Bertz CT molecular complexity index is 1370. The molecule has 2 fully saturated rings. The Morgan fingerprint density at radius 1 is 1.22 bits per heavy atom. The van der Waals surface area contributed by atoms with E-state index in [2.05, 4.69) is 44.3 Å². The van der Waals surface area contributed by atoms with Crippen LogP contribution < -0.4 is 10.2 Å². The first kappa shape index (κ1) is 23.6. The quantitative estimate of drug-likeness (QED) is 0.528. The van der Waals surface area contributed by atoms with Gasteiger partial charge in [-0.2, -0.15) is 10.4 Å². The molecule has 190 valence electrons. The van der Waals surface area contributed by atoms with Crippen molar-refractivity contribution in [1.82, 2.24) is 25.0 Å². The van der Waals surface area contributed by atoms with Gasteiger partial charge in [-0.15, -0.1) is 0 Å². The maximum Gasteiger partial charge on any atom is 0.338 e. The molecule has 1 atom stereocenters. The first-order chi connectivity index (χ1) is 18.1. The number of fused-ring (bicyclic) bond motifs is 1. The van der Waals surface area contributed by atoms with Crippen molar-refractivity contribution in [3.8, 4) is 11.9 Å². The van der Waals surface area contributed by atoms with Gasteiger partial charge in [0, 0.05) is 74.9 Å². The van der Waals surface area contributed by atoms with Crippen molar-refractivity contribution >= 4 is 11.7 Å². The van der Waals surface area contributed by atoms with Crippen molar-refractivity contribution < 1.29 is 14.3 Å². The number of hydrogen-bond acceptors (Lipinski definition) is 9. The molecule has 0 aliphatic carbocycles. The summed E-state index contributed by atoms with van der Waals surface area (Å²) in [4.78, 5) is 21.0. The van der Waals surface area contributed by atoms with E-state index in [4.69, 9.17) is 9.47 Å². The van der Waals surface area contributed by atoms with E-state index >= 15 is 0 Å². The highest BCUT2D eigenvalue weighted by molar-refractivity contribution is 5.94. The summed E-state index contributed by atoms with van der Waals surface area (Å²) in [5.74, 6) is 0.462. The second-order valence-electron chi connectivity index (χ2n) is 9.69. The van der Waals surface area contributed by atoms with Crippen LogP contribution in [0.25, 0.3) is 5.82 Å². The van der Waals surface area contributed by atoms with Gasteiger partial charge in [0.25, 0.3) is 0 Å². The Morgan fingerprint density at radius 2 is 2.08 bits per heavy atom. The van der Waals surface area contributed by atoms with Crippen molar-refractivity contribution in [2.24, 2.45) is 0 Å². The number of cyclic esters (lactones) is 1. The summed E-state index contributed by atoms with van der Waals surface area (Å²) in [6.45, 7) is 8.69. The molecule has 2 saturated heterocycles. The van der Waals surface area contributed by atoms with Crippen LogP contribution in [0.1, 0.15) is 44.2 Å². The highest BCUT2D eigenvalue weighted by atomic mass is 16.5. The number of pyridine rings is 1. The van der Waals surface area contributed by atoms with E-state index in [0.29, 0.717) is 36.8 Å². The smallest absolute Gasteiger partial charge is 0.338 e. The lowest BCUT2D eigenvalue weighted by atomic mass is 9.93. The molecule has 1 N–H and O–H groups in total. The van der Waals surface area contributed by atoms with Crippen LogP contribution in [0.2, 0.25) is 0 Å². The molecule has 0 bridgehead atoms. The lowest BCUT2D eigenvalue weighted by molar-refractivity contribution is 0.0535. The molecule has 6 rings (SSSR count). The highest BCUT2D eigenvalue weighted by Gasteiger charge is 2.28. The molecular weight excluding hydrogens is 470 g/mol. The normalized spacial score (nSPS) is 19.9. The van der Waals surface area contributed by atoms with Crippen LogP contribution in [0.4, 0.5) is 5.69 Å². The Hall–Kier alpha value is -3.78. The molecule has 3 aromatic rings. The minimum atomic E-state index is -0.228. The van der Waals surface area contributed by atoms with Gasteiger partial charge in [0.15, 0.2) is 5.82 Å². The number of esters is 1. The zero-order chi connectivity index (χ0) is 25.4. The molecule has 5 heterocycles. The standard InChI is InChI=1S/C27H29N7O3/c1-18-21(2-3-22-23(18)17-37-27(22)35)24-16-32(5-4-29-24)14-19-12-31-34(15-19)26-10-25(20(11-28)13-30-26)33-6-8-36-9-7-33/h2-3,10,12-13,15,24,29H,4-9,14,16-17H2,1H3. The Balaban J connectivity index is 1.17. The van der Waals surface area contributed by atoms with Crippen molar-refractivity contribution in [3.63, 3.8) is 0 Å². The van der Waals surface area contributed by atoms with Crippen LogP contribution in [0, 0.1) is 18.3 Å². The molecule has 1 aromatic carbocycles. The molecule has 0 radical (unpaired) electrons. The zero-order valence-electron chi connectivity index (χ0n) is 20.8. The van der Waals surface area contributed by atoms with E-state index in [1.54, 1.807) is 10.9 Å². The molecule has 3 aliphatic heterocycles. The maximum absolute atomic E-state index is 11.9. The van der Waals surface area contributed by atoms with Crippen LogP contribution >= 0.6 is 0 Å². The molecule has 10 heteroatoms. The van der Waals surface area contributed by atoms with Crippen molar-refractivity contribution in [3.05, 3.63) is 70.2 Å². The first-order valence-corrected chi connectivity index (χ1v) is 12.6. The van der Waals surface area contributed by atoms with E-state index < -0.39 is 0 Å². The molecule has 1 unspecified atom stereocenters. The Kier molecular flexibility index (Phi) is 6.34. The van der Waals surface area contributed by atoms with Gasteiger partial charge >= 0.3 is 5.97 Å². The lowest BCUT2D eigenvalue weighted by Crippen LogP contribution is -2.45. The van der Waals surface area contributed by atoms with Gasteiger partial charge in [-0.3, -0.25) is 4.90 Å². The van der Waals surface area contributed by atoms with Crippen LogP contribution in [-0.2, 0) is 22.6 Å². The maximum atomic E-state index is 11.9. The first-order valence-electron chi connectivity index (χ1n) is 12.6. The van der Waals surface area contributed by atoms with E-state index in [1.807, 2.05) is 24.5 Å². The van der Waals surface area contributed by atoms with E-state index in [-0.39, 0.29) is 12.0 Å². The van der Waals surface area contributed by atoms with Gasteiger partial charge in [-0.05, 0) is 24.1 Å². The average Bonchev–Trinajstić information content (AvgIpc) is 3.56. The fraction of sp³-hybridized carbons (Fsp3) is 0.407. The number of benzene rings is 1. The third-order valence-electron chi connectivity index (χ3n) is 7.46. The summed E-state index contributed by atoms with van der Waals surface area (Å²) < 4.78 is 12.5. The van der Waals surface area contributed by atoms with Gasteiger partial charge in [-0.1, -0.05) is 6.07 Å². The van der Waals surface area contributed by atoms with Gasteiger partial charge in [0.2, 0.25) is 0 Å². The second kappa shape index (κ2) is 9.94. The summed E-state index contributed by atoms with van der Waals surface area (Å²) in [6.07, 6.45) is 5.52. The third-order valence-corrected chi connectivity index (χ3v) is 7.46. The molecule has 3 aliphatic rings. The number of carbonyl (C=O) groups is 1. The third kappa shape index (κ3) is 4.57. The number of nitrogens with zero attached hydrogens (tertiary/aromatic N) is 6. The monoisotopic (exact) mass is 499 g/mol. The number of ether oxygens (including phenoxy) is 2. The molecule has 10 nitrogen and oxygen atoms in total. The number of aromatic nitrogens is 3.